The molecule has 0 bridgehead atoms. The zero-order valence-corrected chi connectivity index (χ0v) is 10.9. The molecule has 0 aliphatic carbocycles. The first kappa shape index (κ1) is 16.6. The van der Waals surface area contributed by atoms with Crippen molar-refractivity contribution in [2.24, 2.45) is 0 Å². The van der Waals surface area contributed by atoms with Gasteiger partial charge in [-0.1, -0.05) is 20.8 Å². The number of rotatable bonds is 7. The van der Waals surface area contributed by atoms with Crippen LogP contribution in [0.15, 0.2) is 12.2 Å². The van der Waals surface area contributed by atoms with Gasteiger partial charge >= 0.3 is 17.9 Å². The lowest BCUT2D eigenvalue weighted by molar-refractivity contribution is -0.296. The fourth-order valence-electron chi connectivity index (χ4n) is 0.928. The Morgan fingerprint density at radius 1 is 1.17 bits per heavy atom. The normalized spacial score (nSPS) is 13.4. The topological polar surface area (TPSA) is 93.1 Å². The van der Waals surface area contributed by atoms with Crippen LogP contribution in [0.4, 0.5) is 0 Å². The molecule has 2 N–H and O–H groups in total. The van der Waals surface area contributed by atoms with Gasteiger partial charge in [0.2, 0.25) is 0 Å². The van der Waals surface area contributed by atoms with Crippen LogP contribution >= 0.6 is 0 Å². The lowest BCUT2D eigenvalue weighted by atomic mass is 10.2. The smallest absolute Gasteiger partial charge is 0.395 e. The second-order valence-electron chi connectivity index (χ2n) is 3.62. The van der Waals surface area contributed by atoms with Crippen molar-refractivity contribution < 1.29 is 29.3 Å². The summed E-state index contributed by atoms with van der Waals surface area (Å²) in [7, 11) is 0. The second kappa shape index (κ2) is 7.84. The minimum atomic E-state index is -2.46. The fourth-order valence-corrected chi connectivity index (χ4v) is 0.928. The van der Waals surface area contributed by atoms with Gasteiger partial charge in [-0.25, -0.2) is 0 Å². The molecule has 0 saturated heterocycles. The minimum Gasteiger partial charge on any atom is -0.395 e. The molecule has 0 aliphatic rings. The molecular weight excluding hydrogens is 240 g/mol. The van der Waals surface area contributed by atoms with Gasteiger partial charge in [0.15, 0.2) is 0 Å². The molecule has 0 spiro atoms. The van der Waals surface area contributed by atoms with Crippen molar-refractivity contribution in [1.29, 1.82) is 0 Å². The Balaban J connectivity index is 4.84. The van der Waals surface area contributed by atoms with Gasteiger partial charge in [-0.3, -0.25) is 9.59 Å². The molecule has 6 heteroatoms. The van der Waals surface area contributed by atoms with E-state index in [0.29, 0.717) is 6.42 Å². The van der Waals surface area contributed by atoms with E-state index >= 15 is 0 Å². The summed E-state index contributed by atoms with van der Waals surface area (Å²) in [6.45, 7) is 4.80. The third-order valence-corrected chi connectivity index (χ3v) is 2.04. The van der Waals surface area contributed by atoms with Crippen molar-refractivity contribution in [3.63, 3.8) is 0 Å². The van der Waals surface area contributed by atoms with E-state index in [1.807, 2.05) is 0 Å². The van der Waals surface area contributed by atoms with E-state index in [-0.39, 0.29) is 12.8 Å². The lowest BCUT2D eigenvalue weighted by Crippen LogP contribution is -2.38. The molecule has 0 heterocycles. The highest BCUT2D eigenvalue weighted by atomic mass is 16.8. The van der Waals surface area contributed by atoms with E-state index in [4.69, 9.17) is 0 Å². The second-order valence-corrected chi connectivity index (χ2v) is 3.62. The predicted molar refractivity (Wildman–Crippen MR) is 63.2 cm³/mol. The third kappa shape index (κ3) is 6.36. The molecule has 1 unspecified atom stereocenters. The van der Waals surface area contributed by atoms with Crippen molar-refractivity contribution in [2.75, 3.05) is 0 Å². The summed E-state index contributed by atoms with van der Waals surface area (Å²) >= 11 is 0. The summed E-state index contributed by atoms with van der Waals surface area (Å²) in [5, 5.41) is 19.2. The van der Waals surface area contributed by atoms with Crippen molar-refractivity contribution in [3.8, 4) is 0 Å². The maximum Gasteiger partial charge on any atom is 0.395 e. The number of esters is 2. The summed E-state index contributed by atoms with van der Waals surface area (Å²) in [5.74, 6) is -3.91. The summed E-state index contributed by atoms with van der Waals surface area (Å²) < 4.78 is 9.26. The van der Waals surface area contributed by atoms with Crippen LogP contribution in [0.25, 0.3) is 0 Å². The SMILES string of the molecule is CCC(=O)OC(O)(/C=C/C(O)CC)OC(=O)CC. The van der Waals surface area contributed by atoms with E-state index in [1.54, 1.807) is 6.92 Å². The van der Waals surface area contributed by atoms with Gasteiger partial charge in [-0.2, -0.15) is 0 Å². The van der Waals surface area contributed by atoms with Crippen molar-refractivity contribution in [1.82, 2.24) is 0 Å². The predicted octanol–water partition coefficient (Wildman–Crippen LogP) is 0.866. The standard InChI is InChI=1S/C12H20O6/c1-4-9(13)7-8-12(16,17-10(14)5-2)18-11(15)6-3/h7-9,13,16H,4-6H2,1-3H3/b8-7+. The third-order valence-electron chi connectivity index (χ3n) is 2.04. The summed E-state index contributed by atoms with van der Waals surface area (Å²) in [6.07, 6.45) is 1.79. The zero-order chi connectivity index (χ0) is 14.2. The Morgan fingerprint density at radius 2 is 1.61 bits per heavy atom. The van der Waals surface area contributed by atoms with E-state index < -0.39 is 24.0 Å². The van der Waals surface area contributed by atoms with Crippen molar-refractivity contribution in [3.05, 3.63) is 12.2 Å². The Morgan fingerprint density at radius 3 is 1.94 bits per heavy atom. The van der Waals surface area contributed by atoms with Gasteiger partial charge in [-0.05, 0) is 12.5 Å². The highest BCUT2D eigenvalue weighted by Gasteiger charge is 2.32. The average Bonchev–Trinajstić information content (AvgIpc) is 2.35. The molecule has 0 radical (unpaired) electrons. The van der Waals surface area contributed by atoms with Crippen LogP contribution in [0.1, 0.15) is 40.0 Å². The molecule has 6 nitrogen and oxygen atoms in total. The summed E-state index contributed by atoms with van der Waals surface area (Å²) in [6, 6.07) is 0. The zero-order valence-electron chi connectivity index (χ0n) is 10.9. The molecule has 1 atom stereocenters. The number of carbonyl (C=O) groups excluding carboxylic acids is 2. The molecular formula is C12H20O6. The van der Waals surface area contributed by atoms with Gasteiger partial charge in [0.05, 0.1) is 6.10 Å². The maximum atomic E-state index is 11.1. The number of aliphatic hydroxyl groups is 2. The monoisotopic (exact) mass is 260 g/mol. The number of hydrogen-bond donors (Lipinski definition) is 2. The Bertz CT molecular complexity index is 292. The molecule has 0 amide bonds. The van der Waals surface area contributed by atoms with E-state index in [9.17, 15) is 19.8 Å². The quantitative estimate of drug-likeness (QED) is 0.401. The van der Waals surface area contributed by atoms with Gasteiger partial charge in [0.25, 0.3) is 0 Å². The van der Waals surface area contributed by atoms with Crippen LogP contribution in [0, 0.1) is 0 Å². The van der Waals surface area contributed by atoms with Gasteiger partial charge in [0.1, 0.15) is 0 Å². The minimum absolute atomic E-state index is 0.0240. The molecule has 0 saturated carbocycles. The number of aliphatic hydroxyl groups excluding tert-OH is 1. The van der Waals surface area contributed by atoms with Gasteiger partial charge in [0, 0.05) is 18.9 Å². The van der Waals surface area contributed by atoms with Crippen LogP contribution < -0.4 is 0 Å². The first-order chi connectivity index (χ1) is 8.36. The van der Waals surface area contributed by atoms with Gasteiger partial charge in [-0.15, -0.1) is 0 Å². The first-order valence-electron chi connectivity index (χ1n) is 5.90. The number of ether oxygens (including phenoxy) is 2. The summed E-state index contributed by atoms with van der Waals surface area (Å²) in [4.78, 5) is 22.3. The largest absolute Gasteiger partial charge is 0.395 e. The Hall–Kier alpha value is -1.40. The Labute approximate surface area is 106 Å². The lowest BCUT2D eigenvalue weighted by Gasteiger charge is -2.23. The van der Waals surface area contributed by atoms with Crippen LogP contribution in [0.3, 0.4) is 0 Å². The fraction of sp³-hybridized carbons (Fsp3) is 0.667. The average molecular weight is 260 g/mol. The van der Waals surface area contributed by atoms with Gasteiger partial charge < -0.3 is 19.7 Å². The molecule has 0 fully saturated rings. The van der Waals surface area contributed by atoms with Crippen LogP contribution in [-0.4, -0.2) is 34.2 Å². The van der Waals surface area contributed by atoms with Crippen molar-refractivity contribution in [2.45, 2.75) is 52.1 Å². The van der Waals surface area contributed by atoms with Crippen molar-refractivity contribution >= 4 is 11.9 Å². The molecule has 0 aromatic carbocycles. The van der Waals surface area contributed by atoms with E-state index in [2.05, 4.69) is 9.47 Å². The molecule has 0 rings (SSSR count). The molecule has 104 valence electrons. The molecule has 18 heavy (non-hydrogen) atoms. The number of hydrogen-bond acceptors (Lipinski definition) is 6. The van der Waals surface area contributed by atoms with Crippen LogP contribution in [0.2, 0.25) is 0 Å². The first-order valence-corrected chi connectivity index (χ1v) is 5.90. The molecule has 0 aromatic rings. The Kier molecular flexibility index (Phi) is 7.23. The highest BCUT2D eigenvalue weighted by Crippen LogP contribution is 2.15. The molecule has 0 aliphatic heterocycles. The molecule has 0 aromatic heterocycles. The van der Waals surface area contributed by atoms with E-state index in [1.165, 1.54) is 19.9 Å². The van der Waals surface area contributed by atoms with Crippen LogP contribution in [0.5, 0.6) is 0 Å². The summed E-state index contributed by atoms with van der Waals surface area (Å²) in [5.41, 5.74) is 0. The van der Waals surface area contributed by atoms with Crippen LogP contribution in [-0.2, 0) is 19.1 Å². The van der Waals surface area contributed by atoms with E-state index in [0.717, 1.165) is 6.08 Å². The maximum absolute atomic E-state index is 11.1. The number of carbonyl (C=O) groups is 2. The highest BCUT2D eigenvalue weighted by molar-refractivity contribution is 5.71.